The van der Waals surface area contributed by atoms with Crippen LogP contribution in [0.3, 0.4) is 0 Å². The standard InChI is InChI=1S/C3H8ClNO2Si/c1-8(2,4)3-7-5-6/h3H2,1-2H3. The smallest absolute Gasteiger partial charge is 0.194 e. The molecule has 0 heterocycles. The molecule has 0 aliphatic rings. The predicted octanol–water partition coefficient (Wildman–Crippen LogP) is 1.67. The van der Waals surface area contributed by atoms with E-state index in [0.29, 0.717) is 0 Å². The van der Waals surface area contributed by atoms with Crippen molar-refractivity contribution in [1.29, 1.82) is 0 Å². The minimum absolute atomic E-state index is 0.290. The van der Waals surface area contributed by atoms with Crippen LogP contribution in [0.25, 0.3) is 0 Å². The molecule has 0 amide bonds. The molecule has 3 nitrogen and oxygen atoms in total. The average Bonchev–Trinajstić information content (AvgIpc) is 1.59. The molecule has 48 valence electrons. The first-order valence-corrected chi connectivity index (χ1v) is 6.42. The van der Waals surface area contributed by atoms with Gasteiger partial charge < -0.3 is 4.84 Å². The maximum atomic E-state index is 9.34. The Morgan fingerprint density at radius 2 is 2.25 bits per heavy atom. The molecule has 0 bridgehead atoms. The van der Waals surface area contributed by atoms with E-state index in [0.717, 1.165) is 0 Å². The molecule has 0 aliphatic carbocycles. The summed E-state index contributed by atoms with van der Waals surface area (Å²) in [4.78, 5) is 13.5. The molecule has 0 spiro atoms. The molecule has 0 N–H and O–H groups in total. The minimum atomic E-state index is -1.72. The number of hydrogen-bond donors (Lipinski definition) is 0. The molecular weight excluding hydrogens is 146 g/mol. The van der Waals surface area contributed by atoms with Crippen LogP contribution in [0.15, 0.2) is 5.34 Å². The normalized spacial score (nSPS) is 10.9. The second-order valence-corrected chi connectivity index (χ2v) is 8.86. The Labute approximate surface area is 53.6 Å². The lowest BCUT2D eigenvalue weighted by Crippen LogP contribution is -2.23. The predicted molar refractivity (Wildman–Crippen MR) is 35.1 cm³/mol. The van der Waals surface area contributed by atoms with Crippen molar-refractivity contribution >= 4 is 18.5 Å². The quantitative estimate of drug-likeness (QED) is 0.268. The third-order valence-corrected chi connectivity index (χ3v) is 1.60. The molecule has 0 aliphatic heterocycles. The molecule has 0 atom stereocenters. The van der Waals surface area contributed by atoms with Crippen LogP contribution in [0.2, 0.25) is 13.1 Å². The van der Waals surface area contributed by atoms with Crippen molar-refractivity contribution in [2.45, 2.75) is 13.1 Å². The van der Waals surface area contributed by atoms with Gasteiger partial charge in [-0.2, -0.15) is 11.1 Å². The summed E-state index contributed by atoms with van der Waals surface area (Å²) in [6.07, 6.45) is 0.290. The second kappa shape index (κ2) is 3.04. The van der Waals surface area contributed by atoms with Gasteiger partial charge >= 0.3 is 0 Å². The highest BCUT2D eigenvalue weighted by atomic mass is 35.6. The van der Waals surface area contributed by atoms with Crippen LogP contribution in [0.1, 0.15) is 0 Å². The molecule has 0 saturated heterocycles. The van der Waals surface area contributed by atoms with Crippen LogP contribution < -0.4 is 0 Å². The summed E-state index contributed by atoms with van der Waals surface area (Å²) in [7, 11) is -1.72. The summed E-state index contributed by atoms with van der Waals surface area (Å²) in [6, 6.07) is 0. The molecule has 0 saturated carbocycles. The molecule has 8 heavy (non-hydrogen) atoms. The van der Waals surface area contributed by atoms with Gasteiger partial charge in [-0.05, 0) is 0 Å². The molecule has 0 fully saturated rings. The number of rotatable bonds is 3. The number of nitrogens with zero attached hydrogens (tertiary/aromatic N) is 1. The molecule has 5 heteroatoms. The largest absolute Gasteiger partial charge is 0.366 e. The first-order valence-electron chi connectivity index (χ1n) is 2.20. The summed E-state index contributed by atoms with van der Waals surface area (Å²) in [5.74, 6) is 0. The first kappa shape index (κ1) is 7.91. The van der Waals surface area contributed by atoms with E-state index in [1.165, 1.54) is 0 Å². The van der Waals surface area contributed by atoms with Crippen molar-refractivity contribution in [2.24, 2.45) is 5.34 Å². The third kappa shape index (κ3) is 5.91. The monoisotopic (exact) mass is 153 g/mol. The van der Waals surface area contributed by atoms with Gasteiger partial charge in [0.25, 0.3) is 0 Å². The van der Waals surface area contributed by atoms with E-state index in [9.17, 15) is 4.91 Å². The highest BCUT2D eigenvalue weighted by Gasteiger charge is 2.17. The number of hydrogen-bond acceptors (Lipinski definition) is 3. The topological polar surface area (TPSA) is 38.7 Å². The Morgan fingerprint density at radius 1 is 1.75 bits per heavy atom. The highest BCUT2D eigenvalue weighted by molar-refractivity contribution is 7.19. The molecule has 0 radical (unpaired) electrons. The molecule has 0 unspecified atom stereocenters. The van der Waals surface area contributed by atoms with Crippen LogP contribution >= 0.6 is 11.1 Å². The zero-order valence-electron chi connectivity index (χ0n) is 4.85. The highest BCUT2D eigenvalue weighted by Crippen LogP contribution is 2.06. The molecule has 0 aromatic heterocycles. The fraction of sp³-hybridized carbons (Fsp3) is 1.00. The molecule has 0 rings (SSSR count). The lowest BCUT2D eigenvalue weighted by Gasteiger charge is -2.06. The third-order valence-electron chi connectivity index (χ3n) is 0.460. The lowest BCUT2D eigenvalue weighted by molar-refractivity contribution is 0.182. The summed E-state index contributed by atoms with van der Waals surface area (Å²) >= 11 is 5.73. The lowest BCUT2D eigenvalue weighted by atomic mass is 11.7. The van der Waals surface area contributed by atoms with Gasteiger partial charge in [-0.3, -0.25) is 0 Å². The Hall–Kier alpha value is -0.0931. The van der Waals surface area contributed by atoms with Crippen molar-refractivity contribution in [3.63, 3.8) is 0 Å². The average molecular weight is 154 g/mol. The fourth-order valence-electron chi connectivity index (χ4n) is 0.180. The van der Waals surface area contributed by atoms with E-state index >= 15 is 0 Å². The Morgan fingerprint density at radius 3 is 2.38 bits per heavy atom. The minimum Gasteiger partial charge on any atom is -0.366 e. The number of halogens is 1. The maximum Gasteiger partial charge on any atom is 0.194 e. The Bertz CT molecular complexity index is 81.8. The van der Waals surface area contributed by atoms with E-state index < -0.39 is 7.38 Å². The molecular formula is C3H8ClNO2Si. The summed E-state index contributed by atoms with van der Waals surface area (Å²) in [5.41, 5.74) is 0. The SMILES string of the molecule is C[Si](C)(Cl)CON=O. The van der Waals surface area contributed by atoms with Gasteiger partial charge in [0.15, 0.2) is 12.7 Å². The van der Waals surface area contributed by atoms with Gasteiger partial charge in [-0.15, -0.1) is 4.91 Å². The van der Waals surface area contributed by atoms with Crippen molar-refractivity contribution < 1.29 is 4.84 Å². The van der Waals surface area contributed by atoms with E-state index in [2.05, 4.69) is 10.2 Å². The van der Waals surface area contributed by atoms with Gasteiger partial charge in [0.1, 0.15) is 6.23 Å². The van der Waals surface area contributed by atoms with Crippen LogP contribution in [-0.2, 0) is 4.84 Å². The van der Waals surface area contributed by atoms with Gasteiger partial charge in [-0.1, -0.05) is 13.1 Å². The fourth-order valence-corrected chi connectivity index (χ4v) is 0.686. The van der Waals surface area contributed by atoms with Crippen LogP contribution in [0.4, 0.5) is 0 Å². The van der Waals surface area contributed by atoms with E-state index in [4.69, 9.17) is 11.1 Å². The van der Waals surface area contributed by atoms with Crippen molar-refractivity contribution in [3.05, 3.63) is 4.91 Å². The second-order valence-electron chi connectivity index (χ2n) is 2.07. The first-order chi connectivity index (χ1) is 3.56. The van der Waals surface area contributed by atoms with Crippen LogP contribution in [0.5, 0.6) is 0 Å². The Balaban J connectivity index is 3.24. The molecule has 0 aromatic rings. The van der Waals surface area contributed by atoms with Gasteiger partial charge in [-0.25, -0.2) is 0 Å². The van der Waals surface area contributed by atoms with Gasteiger partial charge in [0.2, 0.25) is 0 Å². The Kier molecular flexibility index (Phi) is 3.00. The van der Waals surface area contributed by atoms with Crippen molar-refractivity contribution in [3.8, 4) is 0 Å². The van der Waals surface area contributed by atoms with Crippen molar-refractivity contribution in [2.75, 3.05) is 6.23 Å². The van der Waals surface area contributed by atoms with E-state index in [1.807, 2.05) is 13.1 Å². The zero-order chi connectivity index (χ0) is 6.62. The van der Waals surface area contributed by atoms with Crippen LogP contribution in [0, 0.1) is 4.91 Å². The zero-order valence-corrected chi connectivity index (χ0v) is 6.60. The van der Waals surface area contributed by atoms with Crippen molar-refractivity contribution in [1.82, 2.24) is 0 Å². The maximum absolute atomic E-state index is 9.34. The van der Waals surface area contributed by atoms with E-state index in [-0.39, 0.29) is 6.23 Å². The van der Waals surface area contributed by atoms with Crippen LogP contribution in [-0.4, -0.2) is 13.6 Å². The summed E-state index contributed by atoms with van der Waals surface area (Å²) in [5, 5.41) is 2.22. The summed E-state index contributed by atoms with van der Waals surface area (Å²) < 4.78 is 0. The molecule has 0 aromatic carbocycles. The van der Waals surface area contributed by atoms with E-state index in [1.54, 1.807) is 0 Å². The van der Waals surface area contributed by atoms with Gasteiger partial charge in [0, 0.05) is 0 Å². The summed E-state index contributed by atoms with van der Waals surface area (Å²) in [6.45, 7) is 3.75. The van der Waals surface area contributed by atoms with Gasteiger partial charge in [0.05, 0.1) is 0 Å².